The van der Waals surface area contributed by atoms with Gasteiger partial charge in [-0.2, -0.15) is 0 Å². The first-order chi connectivity index (χ1) is 6.69. The molecule has 0 saturated heterocycles. The van der Waals surface area contributed by atoms with Gasteiger partial charge in [0.15, 0.2) is 0 Å². The Bertz CT molecular complexity index is 387. The maximum atomic E-state index is 2.43. The fourth-order valence-electron chi connectivity index (χ4n) is 2.58. The van der Waals surface area contributed by atoms with Crippen molar-refractivity contribution in [1.82, 2.24) is 0 Å². The summed E-state index contributed by atoms with van der Waals surface area (Å²) < 4.78 is 0. The predicted molar refractivity (Wildman–Crippen MR) is 66.7 cm³/mol. The lowest BCUT2D eigenvalue weighted by molar-refractivity contribution is 0.504. The van der Waals surface area contributed by atoms with Gasteiger partial charge in [-0.05, 0) is 39.5 Å². The lowest BCUT2D eigenvalue weighted by Crippen LogP contribution is -2.12. The molecule has 0 unspecified atom stereocenters. The zero-order valence-corrected chi connectivity index (χ0v) is 10.9. The summed E-state index contributed by atoms with van der Waals surface area (Å²) in [6.07, 6.45) is 6.03. The van der Waals surface area contributed by atoms with Crippen molar-refractivity contribution in [2.75, 3.05) is 0 Å². The minimum absolute atomic E-state index is 0.303. The first kappa shape index (κ1) is 10.7. The zero-order chi connectivity index (χ0) is 11.4. The number of hydrogen-bond acceptors (Lipinski definition) is 0. The van der Waals surface area contributed by atoms with E-state index in [1.54, 1.807) is 22.3 Å². The van der Waals surface area contributed by atoms with Gasteiger partial charge in [0.05, 0.1) is 0 Å². The van der Waals surface area contributed by atoms with Crippen LogP contribution in [0.15, 0.2) is 34.4 Å². The van der Waals surface area contributed by atoms with E-state index in [0.717, 1.165) is 0 Å². The number of rotatable bonds is 0. The Morgan fingerprint density at radius 2 is 1.47 bits per heavy atom. The van der Waals surface area contributed by atoms with E-state index in [0.29, 0.717) is 10.8 Å². The van der Waals surface area contributed by atoms with Gasteiger partial charge < -0.3 is 0 Å². The summed E-state index contributed by atoms with van der Waals surface area (Å²) in [7, 11) is 0. The van der Waals surface area contributed by atoms with E-state index in [4.69, 9.17) is 0 Å². The van der Waals surface area contributed by atoms with Gasteiger partial charge in [0.25, 0.3) is 0 Å². The van der Waals surface area contributed by atoms with Gasteiger partial charge >= 0.3 is 0 Å². The number of hydrogen-bond donors (Lipinski definition) is 0. The van der Waals surface area contributed by atoms with Gasteiger partial charge in [-0.1, -0.05) is 53.7 Å². The molecular formula is C15H22. The van der Waals surface area contributed by atoms with Gasteiger partial charge in [-0.25, -0.2) is 0 Å². The molecule has 2 aliphatic rings. The van der Waals surface area contributed by atoms with Crippen LogP contribution >= 0.6 is 0 Å². The Kier molecular flexibility index (Phi) is 2.05. The fraction of sp³-hybridized carbons (Fsp3) is 0.600. The molecule has 0 nitrogen and oxygen atoms in total. The van der Waals surface area contributed by atoms with Gasteiger partial charge in [-0.15, -0.1) is 0 Å². The molecule has 0 aliphatic heterocycles. The molecule has 0 aromatic carbocycles. The standard InChI is InChI=1S/C15H22/c1-14(2,3)12-8-11-7-10(12)9-13(11)15(4,5)6/h8-9H,7H2,1-6H3. The van der Waals surface area contributed by atoms with Crippen molar-refractivity contribution in [3.8, 4) is 0 Å². The maximum absolute atomic E-state index is 2.43. The van der Waals surface area contributed by atoms with Crippen molar-refractivity contribution in [3.63, 3.8) is 0 Å². The molecule has 0 aromatic rings. The Balaban J connectivity index is 2.42. The second-order valence-corrected chi connectivity index (χ2v) is 6.84. The summed E-state index contributed by atoms with van der Waals surface area (Å²) in [4.78, 5) is 0. The quantitative estimate of drug-likeness (QED) is 0.536. The van der Waals surface area contributed by atoms with Gasteiger partial charge in [-0.3, -0.25) is 0 Å². The lowest BCUT2D eigenvalue weighted by Gasteiger charge is -2.26. The third-order valence-electron chi connectivity index (χ3n) is 3.33. The van der Waals surface area contributed by atoms with E-state index in [1.807, 2.05) is 0 Å². The van der Waals surface area contributed by atoms with Crippen LogP contribution < -0.4 is 0 Å². The normalized spacial score (nSPS) is 20.9. The molecule has 0 radical (unpaired) electrons. The van der Waals surface area contributed by atoms with E-state index in [9.17, 15) is 0 Å². The molecule has 2 bridgehead atoms. The molecule has 0 spiro atoms. The largest absolute Gasteiger partial charge is 0.0561 e. The molecule has 0 fully saturated rings. The van der Waals surface area contributed by atoms with Crippen LogP contribution in [-0.4, -0.2) is 0 Å². The summed E-state index contributed by atoms with van der Waals surface area (Å²) in [6.45, 7) is 13.8. The summed E-state index contributed by atoms with van der Waals surface area (Å²) in [6, 6.07) is 0. The monoisotopic (exact) mass is 202 g/mol. The highest BCUT2D eigenvalue weighted by atomic mass is 14.4. The SMILES string of the molecule is CC(C)(C)C1=CC2=C(C(C)(C)C)C=C1C2. The van der Waals surface area contributed by atoms with Gasteiger partial charge in [0, 0.05) is 0 Å². The molecule has 0 heteroatoms. The van der Waals surface area contributed by atoms with Crippen LogP contribution in [-0.2, 0) is 0 Å². The summed E-state index contributed by atoms with van der Waals surface area (Å²) in [5.41, 5.74) is 6.81. The molecule has 0 atom stereocenters. The van der Waals surface area contributed by atoms with E-state index < -0.39 is 0 Å². The Morgan fingerprint density at radius 3 is 1.80 bits per heavy atom. The Labute approximate surface area is 93.8 Å². The Hall–Kier alpha value is -0.780. The topological polar surface area (TPSA) is 0 Å². The zero-order valence-electron chi connectivity index (χ0n) is 10.9. The van der Waals surface area contributed by atoms with Crippen molar-refractivity contribution in [2.24, 2.45) is 10.8 Å². The van der Waals surface area contributed by atoms with E-state index in [2.05, 4.69) is 53.7 Å². The van der Waals surface area contributed by atoms with Crippen molar-refractivity contribution in [3.05, 3.63) is 34.4 Å². The first-order valence-electron chi connectivity index (χ1n) is 5.86. The van der Waals surface area contributed by atoms with Crippen LogP contribution in [0.3, 0.4) is 0 Å². The second kappa shape index (κ2) is 2.87. The molecule has 0 aromatic heterocycles. The van der Waals surface area contributed by atoms with Crippen LogP contribution in [0.4, 0.5) is 0 Å². The lowest BCUT2D eigenvalue weighted by atomic mass is 9.79. The third-order valence-corrected chi connectivity index (χ3v) is 3.33. The number of allylic oxidation sites excluding steroid dienone is 6. The van der Waals surface area contributed by atoms with Crippen molar-refractivity contribution >= 4 is 0 Å². The van der Waals surface area contributed by atoms with Crippen molar-refractivity contribution in [2.45, 2.75) is 48.0 Å². The molecular weight excluding hydrogens is 180 g/mol. The molecule has 2 rings (SSSR count). The smallest absolute Gasteiger partial charge is 0.00197 e. The van der Waals surface area contributed by atoms with E-state index in [1.165, 1.54) is 6.42 Å². The van der Waals surface area contributed by atoms with Gasteiger partial charge in [0.1, 0.15) is 0 Å². The second-order valence-electron chi connectivity index (χ2n) is 6.84. The van der Waals surface area contributed by atoms with Gasteiger partial charge in [0.2, 0.25) is 0 Å². The Morgan fingerprint density at radius 1 is 0.867 bits per heavy atom. The highest BCUT2D eigenvalue weighted by Gasteiger charge is 2.33. The van der Waals surface area contributed by atoms with Crippen LogP contribution in [0.25, 0.3) is 0 Å². The van der Waals surface area contributed by atoms with Crippen LogP contribution in [0.2, 0.25) is 0 Å². The first-order valence-corrected chi connectivity index (χ1v) is 5.86. The average molecular weight is 202 g/mol. The molecule has 2 aliphatic carbocycles. The van der Waals surface area contributed by atoms with Crippen molar-refractivity contribution < 1.29 is 0 Å². The highest BCUT2D eigenvalue weighted by Crippen LogP contribution is 2.49. The molecule has 82 valence electrons. The highest BCUT2D eigenvalue weighted by molar-refractivity contribution is 5.62. The summed E-state index contributed by atoms with van der Waals surface area (Å²) in [5.74, 6) is 0. The van der Waals surface area contributed by atoms with Crippen LogP contribution in [0.5, 0.6) is 0 Å². The van der Waals surface area contributed by atoms with E-state index in [-0.39, 0.29) is 0 Å². The summed E-state index contributed by atoms with van der Waals surface area (Å²) in [5, 5.41) is 0. The minimum Gasteiger partial charge on any atom is -0.0561 e. The maximum Gasteiger partial charge on any atom is -0.00197 e. The number of fused-ring (bicyclic) bond motifs is 2. The van der Waals surface area contributed by atoms with Crippen LogP contribution in [0, 0.1) is 10.8 Å². The fourth-order valence-corrected chi connectivity index (χ4v) is 2.58. The van der Waals surface area contributed by atoms with Crippen LogP contribution in [0.1, 0.15) is 48.0 Å². The molecule has 15 heavy (non-hydrogen) atoms. The summed E-state index contributed by atoms with van der Waals surface area (Å²) >= 11 is 0. The minimum atomic E-state index is 0.303. The molecule has 0 heterocycles. The third kappa shape index (κ3) is 1.71. The molecule has 0 saturated carbocycles. The van der Waals surface area contributed by atoms with Crippen molar-refractivity contribution in [1.29, 1.82) is 0 Å². The average Bonchev–Trinajstić information content (AvgIpc) is 2.57. The molecule has 0 amide bonds. The predicted octanol–water partition coefficient (Wildman–Crippen LogP) is 4.65. The molecule has 0 N–H and O–H groups in total. The van der Waals surface area contributed by atoms with E-state index >= 15 is 0 Å².